The molecule has 1 aliphatic heterocycles. The van der Waals surface area contributed by atoms with E-state index >= 15 is 0 Å². The molecular weight excluding hydrogens is 317 g/mol. The van der Waals surface area contributed by atoms with Crippen molar-refractivity contribution in [2.75, 3.05) is 13.1 Å². The normalized spacial score (nSPS) is 16.7. The van der Waals surface area contributed by atoms with Gasteiger partial charge in [-0.25, -0.2) is 4.79 Å². The van der Waals surface area contributed by atoms with Crippen molar-refractivity contribution in [3.8, 4) is 0 Å². The molecule has 0 saturated carbocycles. The van der Waals surface area contributed by atoms with Gasteiger partial charge in [-0.15, -0.1) is 0 Å². The van der Waals surface area contributed by atoms with Crippen LogP contribution >= 0.6 is 0 Å². The lowest BCUT2D eigenvalue weighted by Crippen LogP contribution is -2.42. The van der Waals surface area contributed by atoms with Crippen molar-refractivity contribution in [2.45, 2.75) is 6.18 Å². The average molecular weight is 328 g/mol. The summed E-state index contributed by atoms with van der Waals surface area (Å²) in [5, 5.41) is 3.90. The molecule has 1 aromatic rings. The minimum absolute atomic E-state index is 0.0108. The quantitative estimate of drug-likeness (QED) is 0.627. The number of rotatable bonds is 4. The molecule has 23 heavy (non-hydrogen) atoms. The summed E-state index contributed by atoms with van der Waals surface area (Å²) in [5.74, 6) is -2.81. The molecule has 0 spiro atoms. The predicted molar refractivity (Wildman–Crippen MR) is 71.5 cm³/mol. The van der Waals surface area contributed by atoms with Gasteiger partial charge in [-0.05, 0) is 23.8 Å². The van der Waals surface area contributed by atoms with Crippen molar-refractivity contribution in [2.24, 2.45) is 0 Å². The fourth-order valence-electron chi connectivity index (χ4n) is 1.78. The molecule has 2 heterocycles. The standard InChI is InChI=1S/C13H11F3N4O3/c14-13(15,16)11(22)18-5-6-20-10(21)9(19-12(20)23)7-8-1-3-17-4-2-8/h1-4,7H,5-6H2,(H,18,22)(H,19,23)/b9-7-. The Labute approximate surface area is 128 Å². The van der Waals surface area contributed by atoms with Crippen molar-refractivity contribution in [3.05, 3.63) is 35.8 Å². The molecule has 10 heteroatoms. The average Bonchev–Trinajstić information content (AvgIpc) is 2.74. The molecular formula is C13H11F3N4O3. The molecule has 1 saturated heterocycles. The molecule has 0 atom stereocenters. The first kappa shape index (κ1) is 16.5. The number of hydrogen-bond acceptors (Lipinski definition) is 4. The summed E-state index contributed by atoms with van der Waals surface area (Å²) < 4.78 is 36.1. The summed E-state index contributed by atoms with van der Waals surface area (Å²) in [4.78, 5) is 38.8. The zero-order valence-corrected chi connectivity index (χ0v) is 11.6. The van der Waals surface area contributed by atoms with Gasteiger partial charge in [-0.3, -0.25) is 19.5 Å². The van der Waals surface area contributed by atoms with Crippen molar-refractivity contribution in [1.29, 1.82) is 0 Å². The Morgan fingerprint density at radius 3 is 2.57 bits per heavy atom. The van der Waals surface area contributed by atoms with Crippen LogP contribution in [0.1, 0.15) is 5.56 Å². The third kappa shape index (κ3) is 4.05. The van der Waals surface area contributed by atoms with Crippen LogP contribution in [-0.4, -0.2) is 47.0 Å². The molecule has 0 bridgehead atoms. The number of alkyl halides is 3. The SMILES string of the molecule is O=C1N/C(=C\c2ccncc2)C(=O)N1CCNC(=O)C(F)(F)F. The van der Waals surface area contributed by atoms with E-state index in [1.165, 1.54) is 18.5 Å². The number of amides is 4. The first-order valence-electron chi connectivity index (χ1n) is 6.38. The number of imide groups is 1. The van der Waals surface area contributed by atoms with Gasteiger partial charge < -0.3 is 10.6 Å². The minimum Gasteiger partial charge on any atom is -0.346 e. The van der Waals surface area contributed by atoms with Crippen LogP contribution in [-0.2, 0) is 9.59 Å². The van der Waals surface area contributed by atoms with Crippen LogP contribution in [0.5, 0.6) is 0 Å². The number of aromatic nitrogens is 1. The van der Waals surface area contributed by atoms with Crippen molar-refractivity contribution >= 4 is 23.9 Å². The molecule has 0 aromatic carbocycles. The van der Waals surface area contributed by atoms with Crippen molar-refractivity contribution in [1.82, 2.24) is 20.5 Å². The Morgan fingerprint density at radius 1 is 1.30 bits per heavy atom. The number of carbonyl (C=O) groups excluding carboxylic acids is 3. The van der Waals surface area contributed by atoms with Crippen LogP contribution in [0.3, 0.4) is 0 Å². The third-order valence-electron chi connectivity index (χ3n) is 2.86. The van der Waals surface area contributed by atoms with Gasteiger partial charge in [0.25, 0.3) is 5.91 Å². The third-order valence-corrected chi connectivity index (χ3v) is 2.86. The van der Waals surface area contributed by atoms with E-state index < -0.39 is 30.6 Å². The molecule has 1 aliphatic rings. The number of nitrogens with one attached hydrogen (secondary N) is 2. The Bertz CT molecular complexity index is 658. The number of nitrogens with zero attached hydrogens (tertiary/aromatic N) is 2. The highest BCUT2D eigenvalue weighted by atomic mass is 19.4. The summed E-state index contributed by atoms with van der Waals surface area (Å²) in [6, 6.07) is 2.45. The van der Waals surface area contributed by atoms with Gasteiger partial charge in [0.1, 0.15) is 5.70 Å². The van der Waals surface area contributed by atoms with Gasteiger partial charge in [0.2, 0.25) is 0 Å². The van der Waals surface area contributed by atoms with E-state index in [4.69, 9.17) is 0 Å². The number of hydrogen-bond donors (Lipinski definition) is 2. The topological polar surface area (TPSA) is 91.4 Å². The second-order valence-corrected chi connectivity index (χ2v) is 4.48. The van der Waals surface area contributed by atoms with Gasteiger partial charge in [0.05, 0.1) is 0 Å². The van der Waals surface area contributed by atoms with Crippen molar-refractivity contribution in [3.63, 3.8) is 0 Å². The van der Waals surface area contributed by atoms with E-state index in [0.29, 0.717) is 10.5 Å². The first-order chi connectivity index (χ1) is 10.8. The predicted octanol–water partition coefficient (Wildman–Crippen LogP) is 0.653. The number of carbonyl (C=O) groups is 3. The molecule has 2 N–H and O–H groups in total. The minimum atomic E-state index is -5.01. The van der Waals surface area contributed by atoms with Gasteiger partial charge in [0, 0.05) is 25.5 Å². The van der Waals surface area contributed by atoms with E-state index in [0.717, 1.165) is 0 Å². The number of halogens is 3. The number of urea groups is 1. The Kier molecular flexibility index (Phi) is 4.63. The van der Waals surface area contributed by atoms with Crippen LogP contribution in [0.15, 0.2) is 30.2 Å². The maximum Gasteiger partial charge on any atom is 0.471 e. The van der Waals surface area contributed by atoms with Crippen LogP contribution in [0.4, 0.5) is 18.0 Å². The highest BCUT2D eigenvalue weighted by molar-refractivity contribution is 6.13. The largest absolute Gasteiger partial charge is 0.471 e. The highest BCUT2D eigenvalue weighted by Crippen LogP contribution is 2.15. The Morgan fingerprint density at radius 2 is 1.96 bits per heavy atom. The maximum atomic E-state index is 12.0. The number of pyridine rings is 1. The Balaban J connectivity index is 1.97. The van der Waals surface area contributed by atoms with E-state index in [-0.39, 0.29) is 12.2 Å². The molecule has 4 amide bonds. The zero-order chi connectivity index (χ0) is 17.0. The van der Waals surface area contributed by atoms with Crippen LogP contribution in [0.25, 0.3) is 6.08 Å². The van der Waals surface area contributed by atoms with Gasteiger partial charge in [-0.1, -0.05) is 0 Å². The molecule has 1 aromatic heterocycles. The fourth-order valence-corrected chi connectivity index (χ4v) is 1.78. The maximum absolute atomic E-state index is 12.0. The summed E-state index contributed by atoms with van der Waals surface area (Å²) in [7, 11) is 0. The Hall–Kier alpha value is -2.91. The second kappa shape index (κ2) is 6.46. The lowest BCUT2D eigenvalue weighted by Gasteiger charge is -2.13. The van der Waals surface area contributed by atoms with Crippen LogP contribution in [0, 0.1) is 0 Å². The van der Waals surface area contributed by atoms with Crippen LogP contribution in [0.2, 0.25) is 0 Å². The molecule has 2 rings (SSSR count). The molecule has 0 unspecified atom stereocenters. The van der Waals surface area contributed by atoms with E-state index in [1.54, 1.807) is 17.4 Å². The lowest BCUT2D eigenvalue weighted by molar-refractivity contribution is -0.173. The highest BCUT2D eigenvalue weighted by Gasteiger charge is 2.39. The van der Waals surface area contributed by atoms with Crippen LogP contribution < -0.4 is 10.6 Å². The van der Waals surface area contributed by atoms with E-state index in [9.17, 15) is 27.6 Å². The van der Waals surface area contributed by atoms with E-state index in [2.05, 4.69) is 10.3 Å². The molecule has 0 aliphatic carbocycles. The molecule has 122 valence electrons. The first-order valence-corrected chi connectivity index (χ1v) is 6.38. The zero-order valence-electron chi connectivity index (χ0n) is 11.6. The smallest absolute Gasteiger partial charge is 0.346 e. The monoisotopic (exact) mass is 328 g/mol. The molecule has 1 fully saturated rings. The lowest BCUT2D eigenvalue weighted by atomic mass is 10.2. The summed E-state index contributed by atoms with van der Waals surface area (Å²) in [6.45, 7) is -0.875. The van der Waals surface area contributed by atoms with E-state index in [1.807, 2.05) is 0 Å². The molecule has 7 nitrogen and oxygen atoms in total. The van der Waals surface area contributed by atoms with Gasteiger partial charge in [-0.2, -0.15) is 13.2 Å². The fraction of sp³-hybridized carbons (Fsp3) is 0.231. The van der Waals surface area contributed by atoms with Gasteiger partial charge in [0.15, 0.2) is 0 Å². The second-order valence-electron chi connectivity index (χ2n) is 4.48. The molecule has 0 radical (unpaired) electrons. The summed E-state index contributed by atoms with van der Waals surface area (Å²) in [6.07, 6.45) is -0.601. The summed E-state index contributed by atoms with van der Waals surface area (Å²) >= 11 is 0. The van der Waals surface area contributed by atoms with Crippen molar-refractivity contribution < 1.29 is 27.6 Å². The summed E-state index contributed by atoms with van der Waals surface area (Å²) in [5.41, 5.74) is 0.610. The van der Waals surface area contributed by atoms with Gasteiger partial charge >= 0.3 is 18.1 Å².